The number of rotatable bonds is 3. The van der Waals surface area contributed by atoms with Gasteiger partial charge in [0.15, 0.2) is 0 Å². The SMILES string of the molecule is COC(=O)c1ccc(-c2cc3nc4ccc(O)cc4c(C(=O)O)c3cc2O)c(C)c1C. The number of pyridine rings is 1. The number of aromatic hydroxyl groups is 2. The van der Waals surface area contributed by atoms with Gasteiger partial charge in [0.05, 0.1) is 29.3 Å². The summed E-state index contributed by atoms with van der Waals surface area (Å²) < 4.78 is 4.81. The molecule has 1 heterocycles. The Labute approximate surface area is 177 Å². The highest BCUT2D eigenvalue weighted by atomic mass is 16.5. The summed E-state index contributed by atoms with van der Waals surface area (Å²) in [5.74, 6) is -1.83. The number of hydrogen-bond donors (Lipinski definition) is 3. The lowest BCUT2D eigenvalue weighted by Crippen LogP contribution is -2.05. The predicted octanol–water partition coefficient (Wildman–Crippen LogP) is 4.57. The van der Waals surface area contributed by atoms with Crippen LogP contribution in [-0.4, -0.2) is 39.4 Å². The Hall–Kier alpha value is -4.13. The highest BCUT2D eigenvalue weighted by molar-refractivity contribution is 6.15. The molecule has 7 heteroatoms. The van der Waals surface area contributed by atoms with Crippen molar-refractivity contribution in [3.8, 4) is 22.6 Å². The quantitative estimate of drug-likeness (QED) is 0.330. The number of phenols is 2. The second kappa shape index (κ2) is 7.28. The van der Waals surface area contributed by atoms with Gasteiger partial charge in [-0.2, -0.15) is 0 Å². The second-order valence-electron chi connectivity index (χ2n) is 7.28. The molecule has 0 aliphatic carbocycles. The van der Waals surface area contributed by atoms with Crippen LogP contribution in [0.5, 0.6) is 11.5 Å². The van der Waals surface area contributed by atoms with E-state index in [4.69, 9.17) is 4.74 Å². The lowest BCUT2D eigenvalue weighted by molar-refractivity contribution is 0.0599. The average Bonchev–Trinajstić information content (AvgIpc) is 2.73. The zero-order valence-electron chi connectivity index (χ0n) is 17.1. The van der Waals surface area contributed by atoms with E-state index in [0.29, 0.717) is 27.7 Å². The van der Waals surface area contributed by atoms with Gasteiger partial charge in [0.2, 0.25) is 0 Å². The largest absolute Gasteiger partial charge is 0.508 e. The normalized spacial score (nSPS) is 11.1. The van der Waals surface area contributed by atoms with Crippen molar-refractivity contribution >= 4 is 33.7 Å². The smallest absolute Gasteiger partial charge is 0.338 e. The minimum atomic E-state index is -1.19. The van der Waals surface area contributed by atoms with Gasteiger partial charge in [-0.25, -0.2) is 14.6 Å². The number of carbonyl (C=O) groups excluding carboxylic acids is 1. The van der Waals surface area contributed by atoms with E-state index in [9.17, 15) is 24.9 Å². The molecule has 4 rings (SSSR count). The molecule has 0 unspecified atom stereocenters. The number of aromatic nitrogens is 1. The van der Waals surface area contributed by atoms with Gasteiger partial charge < -0.3 is 20.1 Å². The molecule has 0 amide bonds. The third-order valence-corrected chi connectivity index (χ3v) is 5.57. The van der Waals surface area contributed by atoms with Crippen molar-refractivity contribution < 1.29 is 29.6 Å². The number of nitrogens with zero attached hydrogens (tertiary/aromatic N) is 1. The van der Waals surface area contributed by atoms with Crippen LogP contribution in [0.15, 0.2) is 42.5 Å². The van der Waals surface area contributed by atoms with E-state index in [1.54, 1.807) is 31.2 Å². The van der Waals surface area contributed by atoms with Gasteiger partial charge in [0, 0.05) is 16.3 Å². The van der Waals surface area contributed by atoms with Gasteiger partial charge in [0.1, 0.15) is 11.5 Å². The topological polar surface area (TPSA) is 117 Å². The maximum Gasteiger partial charge on any atom is 0.338 e. The summed E-state index contributed by atoms with van der Waals surface area (Å²) in [5.41, 5.74) is 3.83. The van der Waals surface area contributed by atoms with Crippen molar-refractivity contribution in [2.24, 2.45) is 0 Å². The molecule has 3 aromatic carbocycles. The summed E-state index contributed by atoms with van der Waals surface area (Å²) in [6, 6.07) is 10.7. The molecular weight excluding hydrogens is 398 g/mol. The standard InChI is InChI=1S/C24H19NO6/c1-11-12(2)15(24(30)31-3)6-5-14(11)16-9-20-18(10-21(16)27)22(23(28)29)17-8-13(26)4-7-19(17)25-20/h4-10,26-27H,1-3H3,(H,28,29). The van der Waals surface area contributed by atoms with E-state index in [-0.39, 0.29) is 27.8 Å². The molecule has 0 spiro atoms. The monoisotopic (exact) mass is 417 g/mol. The van der Waals surface area contributed by atoms with E-state index in [2.05, 4.69) is 4.98 Å². The van der Waals surface area contributed by atoms with Crippen LogP contribution in [0, 0.1) is 13.8 Å². The van der Waals surface area contributed by atoms with Crippen molar-refractivity contribution in [2.75, 3.05) is 7.11 Å². The lowest BCUT2D eigenvalue weighted by atomic mass is 9.91. The Morgan fingerprint density at radius 3 is 2.26 bits per heavy atom. The van der Waals surface area contributed by atoms with Gasteiger partial charge in [-0.1, -0.05) is 6.07 Å². The summed E-state index contributed by atoms with van der Waals surface area (Å²) in [7, 11) is 1.32. The van der Waals surface area contributed by atoms with Crippen LogP contribution < -0.4 is 0 Å². The molecule has 0 saturated heterocycles. The molecule has 0 saturated carbocycles. The fourth-order valence-electron chi connectivity index (χ4n) is 3.86. The van der Waals surface area contributed by atoms with Crippen LogP contribution in [0.1, 0.15) is 31.8 Å². The van der Waals surface area contributed by atoms with Gasteiger partial charge in [-0.05, 0) is 66.9 Å². The fraction of sp³-hybridized carbons (Fsp3) is 0.125. The number of methoxy groups -OCH3 is 1. The molecule has 0 fully saturated rings. The molecule has 4 aromatic rings. The molecule has 0 aliphatic rings. The molecule has 7 nitrogen and oxygen atoms in total. The van der Waals surface area contributed by atoms with Crippen molar-refractivity contribution in [1.82, 2.24) is 4.98 Å². The summed E-state index contributed by atoms with van der Waals surface area (Å²) in [6.45, 7) is 3.63. The van der Waals surface area contributed by atoms with Crippen LogP contribution in [0.3, 0.4) is 0 Å². The van der Waals surface area contributed by atoms with E-state index in [0.717, 1.165) is 11.1 Å². The van der Waals surface area contributed by atoms with Crippen LogP contribution in [0.25, 0.3) is 32.9 Å². The number of benzene rings is 3. The van der Waals surface area contributed by atoms with Crippen molar-refractivity contribution in [3.05, 3.63) is 64.7 Å². The van der Waals surface area contributed by atoms with E-state index < -0.39 is 11.9 Å². The van der Waals surface area contributed by atoms with Crippen LogP contribution in [0.4, 0.5) is 0 Å². The Bertz CT molecular complexity index is 1410. The maximum atomic E-state index is 12.0. The molecule has 0 atom stereocenters. The van der Waals surface area contributed by atoms with E-state index >= 15 is 0 Å². The zero-order chi connectivity index (χ0) is 22.4. The zero-order valence-corrected chi connectivity index (χ0v) is 17.1. The fourth-order valence-corrected chi connectivity index (χ4v) is 3.86. The van der Waals surface area contributed by atoms with E-state index in [1.807, 2.05) is 6.92 Å². The van der Waals surface area contributed by atoms with Gasteiger partial charge in [-0.3, -0.25) is 0 Å². The minimum absolute atomic E-state index is 0.0494. The number of hydrogen-bond acceptors (Lipinski definition) is 6. The molecule has 156 valence electrons. The number of aromatic carboxylic acids is 1. The first-order valence-electron chi connectivity index (χ1n) is 9.44. The minimum Gasteiger partial charge on any atom is -0.508 e. The van der Waals surface area contributed by atoms with Crippen LogP contribution in [0.2, 0.25) is 0 Å². The second-order valence-corrected chi connectivity index (χ2v) is 7.28. The Morgan fingerprint density at radius 1 is 0.871 bits per heavy atom. The molecule has 3 N–H and O–H groups in total. The average molecular weight is 417 g/mol. The van der Waals surface area contributed by atoms with Crippen molar-refractivity contribution in [1.29, 1.82) is 0 Å². The molecule has 31 heavy (non-hydrogen) atoms. The lowest BCUT2D eigenvalue weighted by Gasteiger charge is -2.15. The third kappa shape index (κ3) is 3.20. The summed E-state index contributed by atoms with van der Waals surface area (Å²) >= 11 is 0. The molecule has 0 radical (unpaired) electrons. The molecule has 0 aliphatic heterocycles. The number of carbonyl (C=O) groups is 2. The first-order chi connectivity index (χ1) is 14.7. The van der Waals surface area contributed by atoms with Crippen LogP contribution >= 0.6 is 0 Å². The highest BCUT2D eigenvalue weighted by Crippen LogP contribution is 2.39. The Kier molecular flexibility index (Phi) is 4.74. The predicted molar refractivity (Wildman–Crippen MR) is 116 cm³/mol. The number of ether oxygens (including phenoxy) is 1. The third-order valence-electron chi connectivity index (χ3n) is 5.57. The molecule has 0 bridgehead atoms. The Balaban J connectivity index is 2.02. The Morgan fingerprint density at radius 2 is 1.58 bits per heavy atom. The number of carboxylic acid groups (broad SMARTS) is 1. The van der Waals surface area contributed by atoms with Gasteiger partial charge in [-0.15, -0.1) is 0 Å². The number of fused-ring (bicyclic) bond motifs is 2. The number of carboxylic acids is 1. The van der Waals surface area contributed by atoms with E-state index in [1.165, 1.54) is 25.3 Å². The molecular formula is C24H19NO6. The summed E-state index contributed by atoms with van der Waals surface area (Å²) in [4.78, 5) is 28.5. The van der Waals surface area contributed by atoms with Gasteiger partial charge >= 0.3 is 11.9 Å². The van der Waals surface area contributed by atoms with Crippen molar-refractivity contribution in [2.45, 2.75) is 13.8 Å². The van der Waals surface area contributed by atoms with Gasteiger partial charge in [0.25, 0.3) is 0 Å². The first kappa shape index (κ1) is 20.2. The maximum absolute atomic E-state index is 12.0. The number of esters is 1. The first-order valence-corrected chi connectivity index (χ1v) is 9.44. The number of phenolic OH excluding ortho intramolecular Hbond substituents is 2. The van der Waals surface area contributed by atoms with Crippen molar-refractivity contribution in [3.63, 3.8) is 0 Å². The highest BCUT2D eigenvalue weighted by Gasteiger charge is 2.20. The molecule has 1 aromatic heterocycles. The summed E-state index contributed by atoms with van der Waals surface area (Å²) in [6.07, 6.45) is 0. The van der Waals surface area contributed by atoms with Crippen LogP contribution in [-0.2, 0) is 4.74 Å². The summed E-state index contributed by atoms with van der Waals surface area (Å²) in [5, 5.41) is 30.9.